The lowest BCUT2D eigenvalue weighted by Gasteiger charge is -2.19. The summed E-state index contributed by atoms with van der Waals surface area (Å²) < 4.78 is 1.59. The molecule has 0 radical (unpaired) electrons. The van der Waals surface area contributed by atoms with E-state index in [-0.39, 0.29) is 18.2 Å². The molecule has 1 fully saturated rings. The highest BCUT2D eigenvalue weighted by molar-refractivity contribution is 5.93. The molecule has 2 N–H and O–H groups in total. The minimum absolute atomic E-state index is 0.0540. The van der Waals surface area contributed by atoms with Gasteiger partial charge in [0.05, 0.1) is 12.6 Å². The van der Waals surface area contributed by atoms with Crippen LogP contribution >= 0.6 is 0 Å². The second kappa shape index (κ2) is 8.54. The van der Waals surface area contributed by atoms with Crippen LogP contribution in [-0.4, -0.2) is 16.3 Å². The standard InChI is InChI=1S/C22H30N2O2/c1-16(14-18-8-5-3-4-6-9-18)23-21-11-7-10-20-19(21)12-13-24(22(20)26)17(2)15-25/h7,10-13,17-18,23,25H,1,3-6,8-9,14-15H2,2H3/t17-/m1/s1. The number of anilines is 1. The monoisotopic (exact) mass is 354 g/mol. The number of fused-ring (bicyclic) bond motifs is 1. The fourth-order valence-electron chi connectivity index (χ4n) is 3.99. The van der Waals surface area contributed by atoms with E-state index in [4.69, 9.17) is 0 Å². The van der Waals surface area contributed by atoms with E-state index in [0.29, 0.717) is 5.39 Å². The number of rotatable bonds is 6. The molecule has 0 unspecified atom stereocenters. The third-order valence-corrected chi connectivity index (χ3v) is 5.53. The van der Waals surface area contributed by atoms with Gasteiger partial charge in [-0.3, -0.25) is 4.79 Å². The summed E-state index contributed by atoms with van der Waals surface area (Å²) in [6.07, 6.45) is 10.7. The lowest BCUT2D eigenvalue weighted by molar-refractivity contribution is 0.236. The maximum absolute atomic E-state index is 12.7. The zero-order chi connectivity index (χ0) is 18.5. The first-order valence-corrected chi connectivity index (χ1v) is 9.79. The molecule has 1 aromatic carbocycles. The number of nitrogens with zero attached hydrogens (tertiary/aromatic N) is 1. The lowest BCUT2D eigenvalue weighted by atomic mass is 9.95. The molecule has 3 rings (SSSR count). The highest BCUT2D eigenvalue weighted by Crippen LogP contribution is 2.29. The van der Waals surface area contributed by atoms with Crippen LogP contribution in [0.15, 0.2) is 47.5 Å². The Morgan fingerprint density at radius 1 is 1.23 bits per heavy atom. The molecule has 1 aliphatic rings. The molecule has 1 saturated carbocycles. The highest BCUT2D eigenvalue weighted by Gasteiger charge is 2.15. The Kier molecular flexibility index (Phi) is 6.15. The number of allylic oxidation sites excluding steroid dienone is 1. The third-order valence-electron chi connectivity index (χ3n) is 5.53. The summed E-state index contributed by atoms with van der Waals surface area (Å²) in [4.78, 5) is 12.7. The van der Waals surface area contributed by atoms with Crippen molar-refractivity contribution in [2.75, 3.05) is 11.9 Å². The van der Waals surface area contributed by atoms with Crippen LogP contribution in [0.1, 0.15) is 57.9 Å². The molecule has 2 aromatic rings. The predicted octanol–water partition coefficient (Wildman–Crippen LogP) is 4.84. The lowest BCUT2D eigenvalue weighted by Crippen LogP contribution is -2.24. The summed E-state index contributed by atoms with van der Waals surface area (Å²) >= 11 is 0. The SMILES string of the molecule is C=C(CC1CCCCCC1)Nc1cccc2c(=O)n([C@H](C)CO)ccc12. The molecule has 0 saturated heterocycles. The van der Waals surface area contributed by atoms with E-state index < -0.39 is 0 Å². The van der Waals surface area contributed by atoms with Gasteiger partial charge in [0.25, 0.3) is 5.56 Å². The molecule has 1 aromatic heterocycles. The third kappa shape index (κ3) is 4.18. The number of aliphatic hydroxyl groups is 1. The average molecular weight is 354 g/mol. The van der Waals surface area contributed by atoms with Gasteiger partial charge in [-0.15, -0.1) is 0 Å². The Morgan fingerprint density at radius 3 is 2.65 bits per heavy atom. The van der Waals surface area contributed by atoms with Crippen molar-refractivity contribution in [3.8, 4) is 0 Å². The zero-order valence-electron chi connectivity index (χ0n) is 15.7. The number of benzene rings is 1. The number of pyridine rings is 1. The van der Waals surface area contributed by atoms with Gasteiger partial charge in [-0.2, -0.15) is 0 Å². The molecule has 1 atom stereocenters. The Hall–Kier alpha value is -2.07. The second-order valence-electron chi connectivity index (χ2n) is 7.62. The highest BCUT2D eigenvalue weighted by atomic mass is 16.3. The minimum Gasteiger partial charge on any atom is -0.394 e. The number of aromatic nitrogens is 1. The minimum atomic E-state index is -0.228. The molecule has 0 bridgehead atoms. The Bertz CT molecular complexity index is 816. The maximum Gasteiger partial charge on any atom is 0.258 e. The molecule has 4 heteroatoms. The van der Waals surface area contributed by atoms with Gasteiger partial charge < -0.3 is 15.0 Å². The summed E-state index contributed by atoms with van der Waals surface area (Å²) in [7, 11) is 0. The number of aliphatic hydroxyl groups excluding tert-OH is 1. The van der Waals surface area contributed by atoms with Crippen molar-refractivity contribution in [1.82, 2.24) is 4.57 Å². The van der Waals surface area contributed by atoms with E-state index in [9.17, 15) is 9.90 Å². The summed E-state index contributed by atoms with van der Waals surface area (Å²) in [5.41, 5.74) is 1.89. The van der Waals surface area contributed by atoms with E-state index >= 15 is 0 Å². The van der Waals surface area contributed by atoms with Crippen LogP contribution in [0.5, 0.6) is 0 Å². The number of hydrogen-bond acceptors (Lipinski definition) is 3. The Morgan fingerprint density at radius 2 is 1.96 bits per heavy atom. The van der Waals surface area contributed by atoms with Crippen LogP contribution in [0.25, 0.3) is 10.8 Å². The molecule has 0 spiro atoms. The molecule has 4 nitrogen and oxygen atoms in total. The molecule has 0 amide bonds. The summed E-state index contributed by atoms with van der Waals surface area (Å²) in [6, 6.07) is 7.47. The van der Waals surface area contributed by atoms with Gasteiger partial charge in [-0.1, -0.05) is 51.2 Å². The summed E-state index contributed by atoms with van der Waals surface area (Å²) in [6.45, 7) is 6.02. The van der Waals surface area contributed by atoms with E-state index in [1.165, 1.54) is 38.5 Å². The van der Waals surface area contributed by atoms with Gasteiger partial charge in [-0.25, -0.2) is 0 Å². The molecule has 0 aliphatic heterocycles. The summed E-state index contributed by atoms with van der Waals surface area (Å²) in [5.74, 6) is 0.718. The van der Waals surface area contributed by atoms with Crippen LogP contribution in [-0.2, 0) is 0 Å². The fraction of sp³-hybridized carbons (Fsp3) is 0.500. The Labute approximate surface area is 155 Å². The van der Waals surface area contributed by atoms with Crippen molar-refractivity contribution in [3.05, 3.63) is 53.1 Å². The van der Waals surface area contributed by atoms with Gasteiger partial charge in [0.1, 0.15) is 0 Å². The normalized spacial score (nSPS) is 17.0. The summed E-state index contributed by atoms with van der Waals surface area (Å²) in [5, 5.41) is 14.4. The van der Waals surface area contributed by atoms with Crippen LogP contribution < -0.4 is 10.9 Å². The molecule has 140 valence electrons. The van der Waals surface area contributed by atoms with Gasteiger partial charge in [-0.05, 0) is 37.5 Å². The van der Waals surface area contributed by atoms with E-state index in [1.807, 2.05) is 31.2 Å². The molecular weight excluding hydrogens is 324 g/mol. The fourth-order valence-corrected chi connectivity index (χ4v) is 3.99. The van der Waals surface area contributed by atoms with Crippen LogP contribution in [0.4, 0.5) is 5.69 Å². The van der Waals surface area contributed by atoms with Crippen molar-refractivity contribution in [2.45, 2.75) is 57.9 Å². The smallest absolute Gasteiger partial charge is 0.258 e. The van der Waals surface area contributed by atoms with E-state index in [1.54, 1.807) is 10.8 Å². The van der Waals surface area contributed by atoms with Gasteiger partial charge in [0.2, 0.25) is 0 Å². The quantitative estimate of drug-likeness (QED) is 0.730. The Balaban J connectivity index is 1.80. The molecular formula is C22H30N2O2. The maximum atomic E-state index is 12.7. The first-order chi connectivity index (χ1) is 12.6. The van der Waals surface area contributed by atoms with Crippen LogP contribution in [0, 0.1) is 5.92 Å². The van der Waals surface area contributed by atoms with Crippen molar-refractivity contribution in [2.24, 2.45) is 5.92 Å². The van der Waals surface area contributed by atoms with Gasteiger partial charge in [0, 0.05) is 28.4 Å². The van der Waals surface area contributed by atoms with E-state index in [2.05, 4.69) is 11.9 Å². The topological polar surface area (TPSA) is 54.3 Å². The molecule has 1 aliphatic carbocycles. The molecule has 1 heterocycles. The number of hydrogen-bond donors (Lipinski definition) is 2. The average Bonchev–Trinajstić information content (AvgIpc) is 2.90. The van der Waals surface area contributed by atoms with Crippen LogP contribution in [0.3, 0.4) is 0 Å². The van der Waals surface area contributed by atoms with Crippen molar-refractivity contribution in [3.63, 3.8) is 0 Å². The van der Waals surface area contributed by atoms with E-state index in [0.717, 1.165) is 29.1 Å². The van der Waals surface area contributed by atoms with Gasteiger partial charge in [0.15, 0.2) is 0 Å². The first kappa shape index (κ1) is 18.7. The number of nitrogens with one attached hydrogen (secondary N) is 1. The van der Waals surface area contributed by atoms with Gasteiger partial charge >= 0.3 is 0 Å². The second-order valence-corrected chi connectivity index (χ2v) is 7.62. The zero-order valence-corrected chi connectivity index (χ0v) is 15.7. The van der Waals surface area contributed by atoms with Crippen molar-refractivity contribution >= 4 is 16.5 Å². The van der Waals surface area contributed by atoms with Crippen molar-refractivity contribution in [1.29, 1.82) is 0 Å². The first-order valence-electron chi connectivity index (χ1n) is 9.79. The molecule has 26 heavy (non-hydrogen) atoms. The largest absolute Gasteiger partial charge is 0.394 e. The van der Waals surface area contributed by atoms with Crippen molar-refractivity contribution < 1.29 is 5.11 Å². The van der Waals surface area contributed by atoms with Crippen LogP contribution in [0.2, 0.25) is 0 Å². The predicted molar refractivity (Wildman–Crippen MR) is 109 cm³/mol.